The number of piperazine rings is 1. The average molecular weight is 294 g/mol. The summed E-state index contributed by atoms with van der Waals surface area (Å²) in [5.41, 5.74) is 0.487. The van der Waals surface area contributed by atoms with Crippen LogP contribution in [-0.4, -0.2) is 49.3 Å². The van der Waals surface area contributed by atoms with Gasteiger partial charge in [0.1, 0.15) is 0 Å². The number of nitrogens with zero attached hydrogens (tertiary/aromatic N) is 1. The van der Waals surface area contributed by atoms with E-state index in [-0.39, 0.29) is 0 Å². The van der Waals surface area contributed by atoms with Gasteiger partial charge in [0.2, 0.25) is 0 Å². The predicted molar refractivity (Wildman–Crippen MR) is 87.6 cm³/mol. The molecule has 3 nitrogen and oxygen atoms in total. The quantitative estimate of drug-likeness (QED) is 0.862. The minimum atomic E-state index is 0.487. The van der Waals surface area contributed by atoms with E-state index in [1.807, 2.05) is 0 Å². The van der Waals surface area contributed by atoms with Crippen LogP contribution in [0.4, 0.5) is 0 Å². The van der Waals surface area contributed by atoms with Crippen molar-refractivity contribution in [3.8, 4) is 0 Å². The molecule has 1 saturated carbocycles. The normalized spacial score (nSPS) is 31.6. The molecule has 21 heavy (non-hydrogen) atoms. The molecule has 1 atom stereocenters. The second-order valence-corrected chi connectivity index (χ2v) is 7.61. The van der Waals surface area contributed by atoms with Crippen molar-refractivity contribution >= 4 is 0 Å². The molecule has 2 aliphatic heterocycles. The van der Waals surface area contributed by atoms with Crippen LogP contribution in [0.1, 0.15) is 64.7 Å². The van der Waals surface area contributed by atoms with Gasteiger partial charge in [0.25, 0.3) is 0 Å². The van der Waals surface area contributed by atoms with Crippen molar-refractivity contribution in [2.75, 3.05) is 32.8 Å². The smallest absolute Gasteiger partial charge is 0.0469 e. The van der Waals surface area contributed by atoms with Crippen molar-refractivity contribution in [3.05, 3.63) is 0 Å². The summed E-state index contributed by atoms with van der Waals surface area (Å²) in [5.74, 6) is 0.873. The Morgan fingerprint density at radius 2 is 1.90 bits per heavy atom. The van der Waals surface area contributed by atoms with Crippen LogP contribution in [0.15, 0.2) is 0 Å². The zero-order valence-corrected chi connectivity index (χ0v) is 13.9. The zero-order chi connectivity index (χ0) is 14.5. The summed E-state index contributed by atoms with van der Waals surface area (Å²) >= 11 is 0. The van der Waals surface area contributed by atoms with Gasteiger partial charge in [0.15, 0.2) is 0 Å². The molecule has 2 heterocycles. The highest BCUT2D eigenvalue weighted by molar-refractivity contribution is 5.01. The molecule has 1 aliphatic carbocycles. The van der Waals surface area contributed by atoms with Gasteiger partial charge in [-0.25, -0.2) is 0 Å². The van der Waals surface area contributed by atoms with Gasteiger partial charge in [0, 0.05) is 44.4 Å². The summed E-state index contributed by atoms with van der Waals surface area (Å²) in [6.07, 6.45) is 12.3. The molecule has 122 valence electrons. The first-order chi connectivity index (χ1) is 10.3. The molecule has 0 aromatic heterocycles. The Morgan fingerprint density at radius 1 is 1.14 bits per heavy atom. The minimum Gasteiger partial charge on any atom is -0.381 e. The summed E-state index contributed by atoms with van der Waals surface area (Å²) in [7, 11) is 0. The molecule has 1 N–H and O–H groups in total. The Morgan fingerprint density at radius 3 is 2.62 bits per heavy atom. The maximum absolute atomic E-state index is 5.55. The first kappa shape index (κ1) is 15.8. The van der Waals surface area contributed by atoms with Gasteiger partial charge in [-0.2, -0.15) is 0 Å². The molecular weight excluding hydrogens is 260 g/mol. The van der Waals surface area contributed by atoms with Crippen molar-refractivity contribution in [2.45, 2.75) is 76.3 Å². The van der Waals surface area contributed by atoms with Crippen molar-refractivity contribution in [1.29, 1.82) is 0 Å². The largest absolute Gasteiger partial charge is 0.381 e. The molecule has 0 aromatic carbocycles. The Kier molecular flexibility index (Phi) is 5.58. The van der Waals surface area contributed by atoms with Gasteiger partial charge in [-0.3, -0.25) is 4.90 Å². The highest BCUT2D eigenvalue weighted by Gasteiger charge is 2.42. The van der Waals surface area contributed by atoms with Gasteiger partial charge >= 0.3 is 0 Å². The monoisotopic (exact) mass is 294 g/mol. The van der Waals surface area contributed by atoms with Crippen LogP contribution in [0.3, 0.4) is 0 Å². The molecule has 2 saturated heterocycles. The van der Waals surface area contributed by atoms with Crippen molar-refractivity contribution < 1.29 is 4.74 Å². The predicted octanol–water partition coefficient (Wildman–Crippen LogP) is 3.19. The number of hydrogen-bond donors (Lipinski definition) is 1. The van der Waals surface area contributed by atoms with E-state index in [0.29, 0.717) is 5.54 Å². The lowest BCUT2D eigenvalue weighted by molar-refractivity contribution is -0.0209. The Balaban J connectivity index is 1.65. The molecule has 1 spiro atoms. The average Bonchev–Trinajstić information content (AvgIpc) is 2.53. The second kappa shape index (κ2) is 7.43. The van der Waals surface area contributed by atoms with E-state index < -0.39 is 0 Å². The Labute approximate surface area is 130 Å². The molecule has 0 radical (unpaired) electrons. The van der Waals surface area contributed by atoms with Crippen LogP contribution in [0.25, 0.3) is 0 Å². The summed E-state index contributed by atoms with van der Waals surface area (Å²) in [5, 5.41) is 3.88. The van der Waals surface area contributed by atoms with Gasteiger partial charge in [-0.15, -0.1) is 0 Å². The van der Waals surface area contributed by atoms with Crippen LogP contribution in [0, 0.1) is 5.92 Å². The summed E-state index contributed by atoms with van der Waals surface area (Å²) in [6, 6.07) is 0.724. The Hall–Kier alpha value is -0.120. The van der Waals surface area contributed by atoms with Gasteiger partial charge in [-0.05, 0) is 38.0 Å². The molecule has 1 unspecified atom stereocenters. The van der Waals surface area contributed by atoms with E-state index in [1.54, 1.807) is 0 Å². The molecule has 3 heteroatoms. The molecule has 0 bridgehead atoms. The number of hydrogen-bond acceptors (Lipinski definition) is 3. The third-order valence-corrected chi connectivity index (χ3v) is 6.07. The second-order valence-electron chi connectivity index (χ2n) is 7.61. The maximum atomic E-state index is 5.55. The van der Waals surface area contributed by atoms with Crippen molar-refractivity contribution in [2.24, 2.45) is 5.92 Å². The number of rotatable bonds is 4. The molecular formula is C18H34N2O. The molecule has 3 fully saturated rings. The van der Waals surface area contributed by atoms with Gasteiger partial charge < -0.3 is 10.1 Å². The fourth-order valence-electron chi connectivity index (χ4n) is 4.72. The lowest BCUT2D eigenvalue weighted by Gasteiger charge is -2.53. The lowest BCUT2D eigenvalue weighted by Crippen LogP contribution is -2.66. The number of nitrogens with one attached hydrogen (secondary N) is 1. The molecule has 3 rings (SSSR count). The molecule has 3 aliphatic rings. The van der Waals surface area contributed by atoms with Crippen LogP contribution >= 0.6 is 0 Å². The fourth-order valence-corrected chi connectivity index (χ4v) is 4.72. The van der Waals surface area contributed by atoms with Crippen molar-refractivity contribution in [1.82, 2.24) is 10.2 Å². The Bertz CT molecular complexity index is 308. The van der Waals surface area contributed by atoms with Crippen LogP contribution in [0.2, 0.25) is 0 Å². The highest BCUT2D eigenvalue weighted by Crippen LogP contribution is 2.37. The summed E-state index contributed by atoms with van der Waals surface area (Å²) in [4.78, 5) is 2.92. The van der Waals surface area contributed by atoms with Crippen LogP contribution in [0.5, 0.6) is 0 Å². The standard InChI is InChI=1S/C18H34N2O/c1-2-6-17-14-20(13-16-7-11-21-12-8-16)18(15-19-17)9-4-3-5-10-18/h16-17,19H,2-15H2,1H3. The minimum absolute atomic E-state index is 0.487. The molecule has 0 aromatic rings. The van der Waals surface area contributed by atoms with Gasteiger partial charge in [-0.1, -0.05) is 32.6 Å². The number of ether oxygens (including phenoxy) is 1. The lowest BCUT2D eigenvalue weighted by atomic mass is 9.77. The van der Waals surface area contributed by atoms with E-state index in [1.165, 1.54) is 77.4 Å². The van der Waals surface area contributed by atoms with Crippen LogP contribution in [-0.2, 0) is 4.74 Å². The SMILES string of the molecule is CCCC1CN(CC2CCOCC2)C2(CCCCC2)CN1. The van der Waals surface area contributed by atoms with Crippen molar-refractivity contribution in [3.63, 3.8) is 0 Å². The van der Waals surface area contributed by atoms with E-state index >= 15 is 0 Å². The van der Waals surface area contributed by atoms with E-state index in [0.717, 1.165) is 25.2 Å². The third-order valence-electron chi connectivity index (χ3n) is 6.07. The van der Waals surface area contributed by atoms with E-state index in [4.69, 9.17) is 4.74 Å². The first-order valence-corrected chi connectivity index (χ1v) is 9.38. The first-order valence-electron chi connectivity index (χ1n) is 9.38. The van der Waals surface area contributed by atoms with E-state index in [9.17, 15) is 0 Å². The summed E-state index contributed by atoms with van der Waals surface area (Å²) in [6.45, 7) is 8.14. The molecule has 0 amide bonds. The topological polar surface area (TPSA) is 24.5 Å². The van der Waals surface area contributed by atoms with E-state index in [2.05, 4.69) is 17.1 Å². The summed E-state index contributed by atoms with van der Waals surface area (Å²) < 4.78 is 5.55. The highest BCUT2D eigenvalue weighted by atomic mass is 16.5. The van der Waals surface area contributed by atoms with Gasteiger partial charge in [0.05, 0.1) is 0 Å². The zero-order valence-electron chi connectivity index (χ0n) is 13.9. The maximum Gasteiger partial charge on any atom is 0.0469 e. The fraction of sp³-hybridized carbons (Fsp3) is 1.00. The third kappa shape index (κ3) is 3.80. The van der Waals surface area contributed by atoms with Crippen LogP contribution < -0.4 is 5.32 Å².